The lowest BCUT2D eigenvalue weighted by Crippen LogP contribution is -2.45. The van der Waals surface area contributed by atoms with Gasteiger partial charge in [-0.1, -0.05) is 218 Å². The number of pyridine rings is 4. The van der Waals surface area contributed by atoms with Crippen LogP contribution in [0, 0.1) is 0 Å². The van der Waals surface area contributed by atoms with E-state index in [0.717, 1.165) is 52.9 Å². The first-order chi connectivity index (χ1) is 71.6. The summed E-state index contributed by atoms with van der Waals surface area (Å²) in [4.78, 5) is 108. The van der Waals surface area contributed by atoms with E-state index in [1.165, 1.54) is 43.0 Å². The maximum atomic E-state index is 13.5. The molecule has 18 rings (SSSR count). The second-order valence-corrected chi connectivity index (χ2v) is 39.8. The number of carbonyl (C=O) groups is 7. The van der Waals surface area contributed by atoms with Crippen molar-refractivity contribution in [1.29, 1.82) is 1.34 Å². The SMILES string of the molecule is O=C(OCc1ccccc1)N1CCCN1C(=O)c1ccc(CN(Cc2ccccn2)S(=O)(=O)c2ccccc2)cc1.O=C(OCc1ccccc1)N1CCCN1C(=O)c1ccc(CN(Cc2ccccn2)S(=O)(=O)c2ccccc2)cc1.O=C(OCc1ccccc1)N1CCCN1C(=O)c1ccc(CNCc2ccccn2)cc1.O=C(c1ccc(CN(Cc2ccccn2)S(=O)(=O)c2ccccc2)cc1)N1CCCN1.[2H][B]. The molecule has 0 atom stereocenters. The fourth-order valence-electron chi connectivity index (χ4n) is 16.1. The lowest BCUT2D eigenvalue weighted by atomic mass is 10.1. The number of nitrogens with one attached hydrogen (secondary N) is 2. The number of aromatic nitrogens is 4. The van der Waals surface area contributed by atoms with Crippen LogP contribution in [0.1, 0.15) is 129 Å². The fourth-order valence-corrected chi connectivity index (χ4v) is 20.4. The van der Waals surface area contributed by atoms with Crippen molar-refractivity contribution < 1.29 is 73.0 Å². The number of ether oxygens (including phenoxy) is 3. The maximum Gasteiger partial charge on any atom is 0.429 e. The van der Waals surface area contributed by atoms with Crippen LogP contribution in [-0.2, 0) is 116 Å². The highest BCUT2D eigenvalue weighted by Gasteiger charge is 2.38. The summed E-state index contributed by atoms with van der Waals surface area (Å²) in [6, 6.07) is 103. The zero-order chi connectivity index (χ0) is 103. The van der Waals surface area contributed by atoms with Crippen LogP contribution in [0.4, 0.5) is 14.4 Å². The third-order valence-corrected chi connectivity index (χ3v) is 29.1. The number of sulfonamides is 3. The highest BCUT2D eigenvalue weighted by Crippen LogP contribution is 2.29. The summed E-state index contributed by atoms with van der Waals surface area (Å²) in [7, 11) is -7.62. The molecule has 4 saturated heterocycles. The largest absolute Gasteiger partial charge is 0.443 e. The fraction of sp³-hybridized carbons (Fsp3) is 0.209. The summed E-state index contributed by atoms with van der Waals surface area (Å²) in [5.74, 6) is -0.931. The van der Waals surface area contributed by atoms with Crippen molar-refractivity contribution >= 4 is 80.4 Å². The van der Waals surface area contributed by atoms with Gasteiger partial charge in [0.1, 0.15) is 19.8 Å². The van der Waals surface area contributed by atoms with Crippen LogP contribution in [0.25, 0.3) is 0 Å². The van der Waals surface area contributed by atoms with Crippen molar-refractivity contribution in [3.63, 3.8) is 0 Å². The molecule has 2 radical (unpaired) electrons. The van der Waals surface area contributed by atoms with E-state index >= 15 is 0 Å². The number of amides is 7. The van der Waals surface area contributed by atoms with Crippen molar-refractivity contribution in [3.8, 4) is 0 Å². The monoisotopic (exact) mass is 2020 g/mol. The Labute approximate surface area is 853 Å². The summed E-state index contributed by atoms with van der Waals surface area (Å²) in [5, 5.41) is 13.3. The molecule has 0 aliphatic carbocycles. The van der Waals surface area contributed by atoms with Gasteiger partial charge in [-0.05, 0) is 199 Å². The normalized spacial score (nSPS) is 13.5. The van der Waals surface area contributed by atoms with Gasteiger partial charge < -0.3 is 19.5 Å². The summed E-state index contributed by atoms with van der Waals surface area (Å²) >= 11 is 0. The van der Waals surface area contributed by atoms with Crippen LogP contribution in [0.15, 0.2) is 391 Å². The lowest BCUT2D eigenvalue weighted by Gasteiger charge is -2.27. The Balaban J connectivity index is 0.000000155. The minimum Gasteiger partial charge on any atom is -0.443 e. The average Bonchev–Trinajstić information content (AvgIpc) is 0.953. The number of carbonyl (C=O) groups excluding carboxylic acids is 7. The highest BCUT2D eigenvalue weighted by atomic mass is 32.2. The van der Waals surface area contributed by atoms with Gasteiger partial charge in [0.05, 0.1) is 57.1 Å². The Morgan fingerprint density at radius 2 is 0.541 bits per heavy atom. The first-order valence-electron chi connectivity index (χ1n) is 47.9. The Hall–Kier alpha value is -15.8. The summed E-state index contributed by atoms with van der Waals surface area (Å²) in [6.07, 6.45) is 7.96. The molecule has 4 fully saturated rings. The van der Waals surface area contributed by atoms with E-state index in [-0.39, 0.29) is 97.4 Å². The van der Waals surface area contributed by atoms with Gasteiger partial charge in [0.25, 0.3) is 23.6 Å². The first kappa shape index (κ1) is 105. The van der Waals surface area contributed by atoms with E-state index in [4.69, 9.17) is 15.5 Å². The van der Waals surface area contributed by atoms with Crippen LogP contribution in [0.2, 0.25) is 0 Å². The average molecular weight is 2020 g/mol. The molecule has 0 bridgehead atoms. The van der Waals surface area contributed by atoms with E-state index in [9.17, 15) is 58.8 Å². The summed E-state index contributed by atoms with van der Waals surface area (Å²) in [5.41, 5.74) is 13.7. The molecule has 14 aromatic rings. The quantitative estimate of drug-likeness (QED) is 0.0292. The predicted molar refractivity (Wildman–Crippen MR) is 550 cm³/mol. The van der Waals surface area contributed by atoms with E-state index in [1.807, 2.05) is 140 Å². The van der Waals surface area contributed by atoms with Gasteiger partial charge in [0.2, 0.25) is 30.1 Å². The Kier molecular flexibility index (Phi) is 37.6. The molecule has 0 unspecified atom stereocenters. The molecular formula is C110H111BN16O16S3. The molecule has 36 heteroatoms. The zero-order valence-electron chi connectivity index (χ0n) is 81.2. The Morgan fingerprint density at radius 3 is 0.815 bits per heavy atom. The van der Waals surface area contributed by atoms with E-state index in [2.05, 4.69) is 39.1 Å². The second kappa shape index (κ2) is 52.5. The summed E-state index contributed by atoms with van der Waals surface area (Å²) < 4.78 is 106. The van der Waals surface area contributed by atoms with Gasteiger partial charge in [-0.25, -0.2) is 75.1 Å². The third kappa shape index (κ3) is 29.3. The second-order valence-electron chi connectivity index (χ2n) is 34.0. The minimum atomic E-state index is -3.82. The standard InChI is InChI=1S/2C31H30N4O5S.C25H26N4O3.C23H24N4O3S.BH/c2*36-30(34-20-9-21-35(34)31(37)40-24-26-10-3-1-4-11-26)27-17-15-25(16-18-27)22-33(23-28-12-7-8-19-32-28)41(38,39)29-13-5-2-6-14-29;30-24(22-12-10-20(11-13-22)17-26-18-23-9-4-5-14-27-23)28-15-6-16-29(28)25(31)32-19-21-7-2-1-3-8-21;28-23(27-16-6-15-25-27)20-12-10-19(11-13-20)17-26(18-21-7-4-5-14-24-21)31(29,30)22-8-2-1-3-9-22;/h2*1-8,10-19H,9,20-24H2;1-5,7-14,26H,6,15-19H2;1-5,7-14,25H,6,15-18H2;1H/i;;;;1D. The molecule has 4 aliphatic heterocycles. The highest BCUT2D eigenvalue weighted by molar-refractivity contribution is 7.89. The number of hydrogen-bond acceptors (Lipinski definition) is 22. The van der Waals surface area contributed by atoms with Gasteiger partial charge in [0, 0.05) is 140 Å². The van der Waals surface area contributed by atoms with Crippen molar-refractivity contribution in [2.45, 2.75) is 113 Å². The van der Waals surface area contributed by atoms with Gasteiger partial charge in [-0.2, -0.15) is 12.9 Å². The number of rotatable bonds is 32. The molecule has 4 aliphatic rings. The molecule has 0 saturated carbocycles. The van der Waals surface area contributed by atoms with Gasteiger partial charge in [-0.15, -0.1) is 0 Å². The number of hydrogen-bond donors (Lipinski definition) is 2. The van der Waals surface area contributed by atoms with Gasteiger partial charge in [-0.3, -0.25) is 44.1 Å². The zero-order valence-corrected chi connectivity index (χ0v) is 82.6. The smallest absolute Gasteiger partial charge is 0.429 e. The third-order valence-electron chi connectivity index (χ3n) is 23.7. The molecule has 8 heterocycles. The molecular weight excluding hydrogens is 1910 g/mol. The van der Waals surface area contributed by atoms with E-state index < -0.39 is 48.3 Å². The molecule has 7 amide bonds. The van der Waals surface area contributed by atoms with Gasteiger partial charge >= 0.3 is 18.3 Å². The van der Waals surface area contributed by atoms with Crippen LogP contribution < -0.4 is 10.7 Å². The first-order valence-corrected chi connectivity index (χ1v) is 51.7. The Bertz CT molecular complexity index is 6720. The van der Waals surface area contributed by atoms with Crippen LogP contribution in [0.5, 0.6) is 0 Å². The number of hydrazine groups is 4. The topological polar surface area (TPSA) is 358 Å². The predicted octanol–water partition coefficient (Wildman–Crippen LogP) is 15.7. The Morgan fingerprint density at radius 1 is 0.281 bits per heavy atom. The minimum absolute atomic E-state index is 0.0775. The number of nitrogens with zero attached hydrogens (tertiary/aromatic N) is 14. The molecule has 146 heavy (non-hydrogen) atoms. The summed E-state index contributed by atoms with van der Waals surface area (Å²) in [6.45, 7) is 6.45. The van der Waals surface area contributed by atoms with Crippen LogP contribution in [0.3, 0.4) is 0 Å². The molecule has 10 aromatic carbocycles. The van der Waals surface area contributed by atoms with E-state index in [1.54, 1.807) is 242 Å². The molecule has 32 nitrogen and oxygen atoms in total. The van der Waals surface area contributed by atoms with Crippen molar-refractivity contribution in [1.82, 2.24) is 78.7 Å². The molecule has 4 aromatic heterocycles. The van der Waals surface area contributed by atoms with Crippen molar-refractivity contribution in [2.24, 2.45) is 0 Å². The lowest BCUT2D eigenvalue weighted by molar-refractivity contribution is 0.0111. The maximum absolute atomic E-state index is 13.5. The van der Waals surface area contributed by atoms with Crippen LogP contribution in [-0.4, -0.2) is 197 Å². The van der Waals surface area contributed by atoms with Crippen molar-refractivity contribution in [3.05, 3.63) is 461 Å². The molecule has 2 N–H and O–H groups in total. The number of benzene rings is 10. The molecule has 748 valence electrons. The van der Waals surface area contributed by atoms with Gasteiger partial charge in [0.15, 0.2) is 0 Å². The molecule has 0 spiro atoms. The van der Waals surface area contributed by atoms with Crippen LogP contribution >= 0.6 is 0 Å². The van der Waals surface area contributed by atoms with E-state index in [0.29, 0.717) is 122 Å². The van der Waals surface area contributed by atoms with Crippen molar-refractivity contribution in [2.75, 3.05) is 52.4 Å².